The molecule has 0 bridgehead atoms. The molecule has 11 aromatic rings. The molecule has 0 aliphatic rings. The average molecular weight is 624 g/mol. The minimum absolute atomic E-state index is 0.607. The van der Waals surface area contributed by atoms with Gasteiger partial charge in [-0.3, -0.25) is 4.57 Å². The van der Waals surface area contributed by atoms with Crippen LogP contribution in [0.4, 0.5) is 0 Å². The molecule has 0 fully saturated rings. The van der Waals surface area contributed by atoms with Crippen LogP contribution in [0.3, 0.4) is 0 Å². The van der Waals surface area contributed by atoms with Gasteiger partial charge < -0.3 is 4.42 Å². The van der Waals surface area contributed by atoms with Crippen molar-refractivity contribution in [1.29, 1.82) is 0 Å². The Morgan fingerprint density at radius 1 is 0.500 bits per heavy atom. The van der Waals surface area contributed by atoms with E-state index in [0.29, 0.717) is 11.7 Å². The van der Waals surface area contributed by atoms with Crippen molar-refractivity contribution in [3.63, 3.8) is 0 Å². The van der Waals surface area contributed by atoms with Gasteiger partial charge in [0.15, 0.2) is 4.90 Å². The lowest BCUT2D eigenvalue weighted by Crippen LogP contribution is -2.03. The van der Waals surface area contributed by atoms with E-state index in [0.717, 1.165) is 38.0 Å². The Bertz CT molecular complexity index is 3040. The summed E-state index contributed by atoms with van der Waals surface area (Å²) in [7, 11) is 0. The van der Waals surface area contributed by atoms with E-state index in [1.807, 2.05) is 17.4 Å². The molecule has 0 amide bonds. The molecule has 0 unspecified atom stereocenters. The van der Waals surface area contributed by atoms with Gasteiger partial charge in [-0.15, -0.1) is 11.3 Å². The number of rotatable bonds is 2. The molecule has 4 nitrogen and oxygen atoms in total. The zero-order valence-electron chi connectivity index (χ0n) is 24.2. The lowest BCUT2D eigenvalue weighted by molar-refractivity contribution is 0.659. The van der Waals surface area contributed by atoms with Gasteiger partial charge >= 0.3 is 0 Å². The molecule has 0 saturated carbocycles. The first kappa shape index (κ1) is 24.7. The number of thiophene rings is 2. The standard InChI is InChI=1S/C40H21N3OS2/c1-2-12-22(13-3-1)35-34-33-27-18-8-11-21-30(27)46-39(33)44-38(34)42-40(41-35)43-28-19-9-6-16-25(28)31-23-14-4-5-15-24(23)32-26-17-7-10-20-29(26)45-37(32)36(31)43/h1-21H. The average Bonchev–Trinajstić information content (AvgIpc) is 3.86. The third kappa shape index (κ3) is 3.17. The van der Waals surface area contributed by atoms with Crippen LogP contribution < -0.4 is 0 Å². The summed E-state index contributed by atoms with van der Waals surface area (Å²) in [5.74, 6) is 0.609. The SMILES string of the molecule is c1ccc(-c2nc(-n3c4ccccc4c4c5ccccc5c5c6ccccc6sc5c43)nc3oc4sc5ccccc5c4c23)cc1. The first-order chi connectivity index (χ1) is 22.8. The van der Waals surface area contributed by atoms with Crippen LogP contribution in [0.25, 0.3) is 101 Å². The lowest BCUT2D eigenvalue weighted by atomic mass is 9.99. The first-order valence-corrected chi connectivity index (χ1v) is 16.9. The fourth-order valence-corrected chi connectivity index (χ4v) is 9.71. The summed E-state index contributed by atoms with van der Waals surface area (Å²) in [5.41, 5.74) is 4.72. The van der Waals surface area contributed by atoms with Gasteiger partial charge in [0.1, 0.15) is 0 Å². The molecule has 5 heterocycles. The summed E-state index contributed by atoms with van der Waals surface area (Å²) >= 11 is 3.51. The number of fused-ring (bicyclic) bond motifs is 15. The molecule has 0 radical (unpaired) electrons. The van der Waals surface area contributed by atoms with Gasteiger partial charge in [-0.1, -0.05) is 121 Å². The highest BCUT2D eigenvalue weighted by atomic mass is 32.1. The van der Waals surface area contributed by atoms with Crippen molar-refractivity contribution in [3.05, 3.63) is 127 Å². The third-order valence-electron chi connectivity index (χ3n) is 9.26. The molecule has 11 rings (SSSR count). The number of nitrogens with zero attached hydrogens (tertiary/aromatic N) is 3. The maximum atomic E-state index is 6.62. The predicted octanol–water partition coefficient (Wildman–Crippen LogP) is 11.9. The zero-order chi connectivity index (χ0) is 29.9. The van der Waals surface area contributed by atoms with Crippen LogP contribution in [0.2, 0.25) is 0 Å². The number of benzene rings is 6. The Morgan fingerprint density at radius 3 is 1.89 bits per heavy atom. The fraction of sp³-hybridized carbons (Fsp3) is 0. The number of hydrogen-bond donors (Lipinski definition) is 0. The molecule has 6 aromatic carbocycles. The summed E-state index contributed by atoms with van der Waals surface area (Å²) in [6, 6.07) is 45.1. The van der Waals surface area contributed by atoms with Crippen LogP contribution in [0.1, 0.15) is 0 Å². The molecule has 0 atom stereocenters. The minimum atomic E-state index is 0.607. The summed E-state index contributed by atoms with van der Waals surface area (Å²) in [6.45, 7) is 0. The van der Waals surface area contributed by atoms with E-state index in [2.05, 4.69) is 126 Å². The molecule has 46 heavy (non-hydrogen) atoms. The second-order valence-electron chi connectivity index (χ2n) is 11.7. The van der Waals surface area contributed by atoms with Crippen LogP contribution in [0.15, 0.2) is 132 Å². The Morgan fingerprint density at radius 2 is 1.11 bits per heavy atom. The maximum absolute atomic E-state index is 6.62. The molecule has 5 aromatic heterocycles. The van der Waals surface area contributed by atoms with Gasteiger partial charge in [-0.05, 0) is 29.0 Å². The Kier molecular flexibility index (Phi) is 4.84. The van der Waals surface area contributed by atoms with Gasteiger partial charge in [0.2, 0.25) is 11.7 Å². The third-order valence-corrected chi connectivity index (χ3v) is 11.5. The fourth-order valence-electron chi connectivity index (χ4n) is 7.39. The highest BCUT2D eigenvalue weighted by Gasteiger charge is 2.26. The van der Waals surface area contributed by atoms with Crippen LogP contribution in [0.5, 0.6) is 0 Å². The second kappa shape index (κ2) is 9.01. The summed E-state index contributed by atoms with van der Waals surface area (Å²) in [4.78, 5) is 11.6. The first-order valence-electron chi connectivity index (χ1n) is 15.3. The predicted molar refractivity (Wildman–Crippen MR) is 195 cm³/mol. The van der Waals surface area contributed by atoms with Crippen molar-refractivity contribution in [2.75, 3.05) is 0 Å². The Hall–Kier alpha value is -5.56. The van der Waals surface area contributed by atoms with E-state index in [1.165, 1.54) is 51.8 Å². The van der Waals surface area contributed by atoms with Crippen LogP contribution in [0, 0.1) is 0 Å². The van der Waals surface area contributed by atoms with Gasteiger partial charge in [-0.25, -0.2) is 4.98 Å². The molecule has 6 heteroatoms. The van der Waals surface area contributed by atoms with Crippen molar-refractivity contribution in [3.8, 4) is 17.2 Å². The maximum Gasteiger partial charge on any atom is 0.238 e. The van der Waals surface area contributed by atoms with Crippen LogP contribution in [-0.2, 0) is 0 Å². The van der Waals surface area contributed by atoms with Crippen LogP contribution >= 0.6 is 22.7 Å². The Labute approximate surface area is 269 Å². The van der Waals surface area contributed by atoms with E-state index >= 15 is 0 Å². The van der Waals surface area contributed by atoms with E-state index < -0.39 is 0 Å². The van der Waals surface area contributed by atoms with Gasteiger partial charge in [-0.2, -0.15) is 4.98 Å². The molecular weight excluding hydrogens is 603 g/mol. The van der Waals surface area contributed by atoms with Crippen molar-refractivity contribution in [2.45, 2.75) is 0 Å². The molecule has 0 N–H and O–H groups in total. The molecule has 0 spiro atoms. The van der Waals surface area contributed by atoms with Crippen molar-refractivity contribution >= 4 is 107 Å². The van der Waals surface area contributed by atoms with E-state index in [4.69, 9.17) is 14.4 Å². The summed E-state index contributed by atoms with van der Waals surface area (Å²) in [6.07, 6.45) is 0. The zero-order valence-corrected chi connectivity index (χ0v) is 25.8. The lowest BCUT2D eigenvalue weighted by Gasteiger charge is -2.11. The number of furan rings is 1. The molecule has 0 saturated heterocycles. The minimum Gasteiger partial charge on any atom is -0.427 e. The normalized spacial score (nSPS) is 12.3. The van der Waals surface area contributed by atoms with E-state index in [-0.39, 0.29) is 0 Å². The highest BCUT2D eigenvalue weighted by Crippen LogP contribution is 2.48. The smallest absolute Gasteiger partial charge is 0.238 e. The number of aromatic nitrogens is 3. The molecule has 0 aliphatic carbocycles. The monoisotopic (exact) mass is 623 g/mol. The number of para-hydroxylation sites is 1. The van der Waals surface area contributed by atoms with Gasteiger partial charge in [0, 0.05) is 41.9 Å². The van der Waals surface area contributed by atoms with Crippen molar-refractivity contribution < 1.29 is 4.42 Å². The highest BCUT2D eigenvalue weighted by molar-refractivity contribution is 7.27. The molecule has 0 aliphatic heterocycles. The second-order valence-corrected chi connectivity index (χ2v) is 13.8. The van der Waals surface area contributed by atoms with E-state index in [1.54, 1.807) is 11.3 Å². The topological polar surface area (TPSA) is 43.9 Å². The van der Waals surface area contributed by atoms with Crippen molar-refractivity contribution in [2.24, 2.45) is 0 Å². The quantitative estimate of drug-likeness (QED) is 0.192. The van der Waals surface area contributed by atoms with E-state index in [9.17, 15) is 0 Å². The van der Waals surface area contributed by atoms with Gasteiger partial charge in [0.25, 0.3) is 0 Å². The van der Waals surface area contributed by atoms with Crippen LogP contribution in [-0.4, -0.2) is 14.5 Å². The van der Waals surface area contributed by atoms with Gasteiger partial charge in [0.05, 0.1) is 32.2 Å². The molecule has 214 valence electrons. The Balaban J connectivity index is 1.37. The largest absolute Gasteiger partial charge is 0.427 e. The summed E-state index contributed by atoms with van der Waals surface area (Å²) < 4.78 is 12.6. The molecular formula is C40H21N3OS2. The number of hydrogen-bond acceptors (Lipinski definition) is 5. The van der Waals surface area contributed by atoms with Crippen molar-refractivity contribution in [1.82, 2.24) is 14.5 Å². The summed E-state index contributed by atoms with van der Waals surface area (Å²) in [5, 5.41) is 10.7.